The van der Waals surface area contributed by atoms with E-state index in [-0.39, 0.29) is 13.5 Å². The Labute approximate surface area is 118 Å². The van der Waals surface area contributed by atoms with Gasteiger partial charge in [0.05, 0.1) is 0 Å². The van der Waals surface area contributed by atoms with Crippen molar-refractivity contribution in [1.82, 2.24) is 4.90 Å². The summed E-state index contributed by atoms with van der Waals surface area (Å²) in [7, 11) is -4.92. The smallest absolute Gasteiger partial charge is 0.215 e. The molecule has 0 spiro atoms. The van der Waals surface area contributed by atoms with Gasteiger partial charge in [-0.25, -0.2) is 8.42 Å². The highest BCUT2D eigenvalue weighted by Gasteiger charge is 2.11. The minimum Gasteiger partial charge on any atom is -0.726 e. The maximum absolute atomic E-state index is 8.63. The summed E-state index contributed by atoms with van der Waals surface area (Å²) >= 11 is 0. The fraction of sp³-hybridized carbons (Fsp3) is 0.636. The topological polar surface area (TPSA) is 80.7 Å². The first-order valence-corrected chi connectivity index (χ1v) is 6.80. The summed E-state index contributed by atoms with van der Waals surface area (Å²) in [5.74, 6) is 0. The third-order valence-corrected chi connectivity index (χ3v) is 2.21. The van der Waals surface area contributed by atoms with Crippen LogP contribution in [0, 0.1) is 0 Å². The molecule has 0 amide bonds. The van der Waals surface area contributed by atoms with E-state index in [1.54, 1.807) is 0 Å². The normalized spacial score (nSPS) is 10.3. The van der Waals surface area contributed by atoms with Crippen molar-refractivity contribution in [2.45, 2.75) is 32.7 Å². The van der Waals surface area contributed by atoms with Crippen LogP contribution >= 0.6 is 0 Å². The first-order valence-electron chi connectivity index (χ1n) is 5.44. The van der Waals surface area contributed by atoms with Crippen molar-refractivity contribution in [3.8, 4) is 0 Å². The molecule has 0 aliphatic carbocycles. The summed E-state index contributed by atoms with van der Waals surface area (Å²) in [5.41, 5.74) is 0. The molecule has 110 valence electrons. The van der Waals surface area contributed by atoms with Crippen molar-refractivity contribution in [3.63, 3.8) is 0 Å². The fourth-order valence-electron chi connectivity index (χ4n) is 1.52. The lowest BCUT2D eigenvalue weighted by Crippen LogP contribution is -2.34. The molecule has 0 aromatic heterocycles. The SMILES string of the molecule is C=CCC(CC=C)N(CC)CC.O=S(=O)([O-])O.[SH3+]. The lowest BCUT2D eigenvalue weighted by atomic mass is 10.1. The molecule has 0 atom stereocenters. The van der Waals surface area contributed by atoms with Gasteiger partial charge in [0.25, 0.3) is 0 Å². The number of hydrogen-bond acceptors (Lipinski definition) is 4. The minimum absolute atomic E-state index is 0. The third-order valence-electron chi connectivity index (χ3n) is 2.21. The zero-order valence-corrected chi connectivity index (χ0v) is 13.1. The largest absolute Gasteiger partial charge is 0.726 e. The molecule has 0 aromatic carbocycles. The number of hydrogen-bond donors (Lipinski definition) is 1. The van der Waals surface area contributed by atoms with Crippen molar-refractivity contribution >= 4 is 23.9 Å². The van der Waals surface area contributed by atoms with Crippen molar-refractivity contribution in [3.05, 3.63) is 25.3 Å². The second-order valence-corrected chi connectivity index (χ2v) is 4.21. The first kappa shape index (κ1) is 22.8. The lowest BCUT2D eigenvalue weighted by Gasteiger charge is -2.27. The Hall–Kier alpha value is -0.340. The molecule has 5 nitrogen and oxygen atoms in total. The summed E-state index contributed by atoms with van der Waals surface area (Å²) in [6.07, 6.45) is 6.11. The molecule has 0 saturated carbocycles. The van der Waals surface area contributed by atoms with Crippen molar-refractivity contribution in [2.75, 3.05) is 13.1 Å². The summed E-state index contributed by atoms with van der Waals surface area (Å²) in [6.45, 7) is 14.2. The highest BCUT2D eigenvalue weighted by atomic mass is 32.3. The van der Waals surface area contributed by atoms with E-state index in [0.29, 0.717) is 6.04 Å². The van der Waals surface area contributed by atoms with Crippen LogP contribution in [0.4, 0.5) is 0 Å². The molecular formula is C11H25NO4S2. The number of rotatable bonds is 7. The Balaban J connectivity index is -0.000000321. The van der Waals surface area contributed by atoms with E-state index >= 15 is 0 Å². The molecule has 1 N–H and O–H groups in total. The maximum Gasteiger partial charge on any atom is 0.215 e. The first-order chi connectivity index (χ1) is 7.79. The zero-order chi connectivity index (χ0) is 13.9. The van der Waals surface area contributed by atoms with Gasteiger partial charge in [0.2, 0.25) is 10.4 Å². The molecule has 18 heavy (non-hydrogen) atoms. The van der Waals surface area contributed by atoms with Crippen LogP contribution in [0.1, 0.15) is 26.7 Å². The quantitative estimate of drug-likeness (QED) is 0.329. The molecule has 0 fully saturated rings. The van der Waals surface area contributed by atoms with Crippen molar-refractivity contribution in [1.29, 1.82) is 0 Å². The van der Waals surface area contributed by atoms with E-state index in [1.807, 2.05) is 12.2 Å². The van der Waals surface area contributed by atoms with Crippen LogP contribution < -0.4 is 0 Å². The Morgan fingerprint density at radius 2 is 1.50 bits per heavy atom. The molecule has 0 aliphatic rings. The van der Waals surface area contributed by atoms with Gasteiger partial charge in [0.1, 0.15) is 0 Å². The predicted molar refractivity (Wildman–Crippen MR) is 80.2 cm³/mol. The van der Waals surface area contributed by atoms with E-state index in [0.717, 1.165) is 25.9 Å². The monoisotopic (exact) mass is 299 g/mol. The molecule has 0 heterocycles. The number of nitrogens with zero attached hydrogens (tertiary/aromatic N) is 1. The molecule has 7 heteroatoms. The van der Waals surface area contributed by atoms with Crippen LogP contribution in [0.3, 0.4) is 0 Å². The van der Waals surface area contributed by atoms with E-state index in [1.165, 1.54) is 0 Å². The van der Waals surface area contributed by atoms with Crippen LogP contribution in [0.5, 0.6) is 0 Å². The van der Waals surface area contributed by atoms with Crippen LogP contribution in [-0.2, 0) is 23.9 Å². The summed E-state index contributed by atoms with van der Waals surface area (Å²) in [5, 5.41) is 0. The second kappa shape index (κ2) is 13.1. The molecule has 0 rings (SSSR count). The van der Waals surface area contributed by atoms with E-state index in [9.17, 15) is 0 Å². The van der Waals surface area contributed by atoms with E-state index < -0.39 is 10.4 Å². The van der Waals surface area contributed by atoms with Gasteiger partial charge in [-0.2, -0.15) is 0 Å². The van der Waals surface area contributed by atoms with Gasteiger partial charge >= 0.3 is 0 Å². The fourth-order valence-corrected chi connectivity index (χ4v) is 1.52. The molecule has 0 saturated heterocycles. The zero-order valence-electron chi connectivity index (χ0n) is 11.1. The van der Waals surface area contributed by atoms with Gasteiger partial charge in [-0.3, -0.25) is 4.55 Å². The standard InChI is InChI=1S/C11H21N.H2O4S.H2S/c1-5-9-11(10-6-2)12(7-3)8-4;1-5(2,3)4;/h5-6,11H,1-2,7-10H2,3-4H3;(H2,1,2,3,4);1H2. The predicted octanol–water partition coefficient (Wildman–Crippen LogP) is 1.05. The van der Waals surface area contributed by atoms with Crippen LogP contribution in [0.2, 0.25) is 0 Å². The van der Waals surface area contributed by atoms with Gasteiger partial charge in [0, 0.05) is 6.04 Å². The van der Waals surface area contributed by atoms with E-state index in [2.05, 4.69) is 31.9 Å². The molecule has 0 radical (unpaired) electrons. The van der Waals surface area contributed by atoms with E-state index in [4.69, 9.17) is 17.5 Å². The molecule has 0 unspecified atom stereocenters. The highest BCUT2D eigenvalue weighted by molar-refractivity contribution is 7.79. The van der Waals surface area contributed by atoms with Crippen LogP contribution in [0.15, 0.2) is 25.3 Å². The van der Waals surface area contributed by atoms with Gasteiger partial charge in [-0.15, -0.1) is 13.2 Å². The Kier molecular flexibility index (Phi) is 16.6. The molecular weight excluding hydrogens is 274 g/mol. The molecule has 0 aliphatic heterocycles. The average Bonchev–Trinajstić information content (AvgIpc) is 2.17. The lowest BCUT2D eigenvalue weighted by molar-refractivity contribution is 0.219. The van der Waals surface area contributed by atoms with Gasteiger partial charge in [0.15, 0.2) is 0 Å². The second-order valence-electron chi connectivity index (χ2n) is 3.35. The Morgan fingerprint density at radius 1 is 1.22 bits per heavy atom. The van der Waals surface area contributed by atoms with Crippen molar-refractivity contribution in [2.24, 2.45) is 0 Å². The molecule has 0 bridgehead atoms. The van der Waals surface area contributed by atoms with Crippen LogP contribution in [0.25, 0.3) is 0 Å². The summed E-state index contributed by atoms with van der Waals surface area (Å²) < 4.78 is 32.8. The van der Waals surface area contributed by atoms with Crippen LogP contribution in [-0.4, -0.2) is 41.6 Å². The van der Waals surface area contributed by atoms with Gasteiger partial charge < -0.3 is 9.45 Å². The third kappa shape index (κ3) is 18.0. The minimum atomic E-state index is -4.92. The summed E-state index contributed by atoms with van der Waals surface area (Å²) in [6, 6.07) is 0.606. The van der Waals surface area contributed by atoms with Gasteiger partial charge in [-0.05, 0) is 25.9 Å². The highest BCUT2D eigenvalue weighted by Crippen LogP contribution is 2.09. The maximum atomic E-state index is 8.63. The summed E-state index contributed by atoms with van der Waals surface area (Å²) in [4.78, 5) is 2.45. The van der Waals surface area contributed by atoms with Gasteiger partial charge in [-0.1, -0.05) is 39.5 Å². The Bertz CT molecular complexity index is 282. The molecule has 0 aromatic rings. The average molecular weight is 299 g/mol. The Morgan fingerprint density at radius 3 is 1.67 bits per heavy atom. The van der Waals surface area contributed by atoms with Crippen molar-refractivity contribution < 1.29 is 17.5 Å².